The van der Waals surface area contributed by atoms with Crippen LogP contribution in [-0.2, 0) is 0 Å². The molecule has 1 aliphatic heterocycles. The van der Waals surface area contributed by atoms with Crippen molar-refractivity contribution in [1.29, 1.82) is 0 Å². The molecule has 0 fully saturated rings. The quantitative estimate of drug-likeness (QED) is 0.272. The highest BCUT2D eigenvalue weighted by Crippen LogP contribution is 2.18. The molecule has 0 radical (unpaired) electrons. The number of rotatable bonds is 10. The number of thioether (sulfide) groups is 1. The third-order valence-electron chi connectivity index (χ3n) is 4.79. The monoisotopic (exact) mass is 422 g/mol. The number of ketones is 1. The fraction of sp³-hybridized carbons (Fsp3) is 0.360. The van der Waals surface area contributed by atoms with Crippen LogP contribution >= 0.6 is 11.8 Å². The summed E-state index contributed by atoms with van der Waals surface area (Å²) in [6.45, 7) is 3.84. The van der Waals surface area contributed by atoms with E-state index in [0.717, 1.165) is 53.9 Å². The smallest absolute Gasteiger partial charge is 0.185 e. The van der Waals surface area contributed by atoms with Gasteiger partial charge in [-0.05, 0) is 60.9 Å². The van der Waals surface area contributed by atoms with E-state index in [-0.39, 0.29) is 5.78 Å². The average molecular weight is 423 g/mol. The Balaban J connectivity index is 1.48. The van der Waals surface area contributed by atoms with Gasteiger partial charge in [0.1, 0.15) is 5.75 Å². The molecule has 0 bridgehead atoms. The maximum Gasteiger partial charge on any atom is 0.185 e. The molecule has 5 heteroatoms. The summed E-state index contributed by atoms with van der Waals surface area (Å²) in [6, 6.07) is 15.4. The second-order valence-electron chi connectivity index (χ2n) is 7.27. The molecular weight excluding hydrogens is 392 g/mol. The van der Waals surface area contributed by atoms with Crippen molar-refractivity contribution in [1.82, 2.24) is 0 Å². The summed E-state index contributed by atoms with van der Waals surface area (Å²) < 4.78 is 5.76. The molecule has 1 aliphatic rings. The summed E-state index contributed by atoms with van der Waals surface area (Å²) in [5.74, 6) is 1.96. The van der Waals surface area contributed by atoms with Gasteiger partial charge in [-0.1, -0.05) is 56.2 Å². The van der Waals surface area contributed by atoms with Gasteiger partial charge in [0.25, 0.3) is 0 Å². The standard InChI is InChI=1S/C25H30N2O2S/c1-2-3-4-5-18-29-23-14-7-20(8-15-23)9-16-24(28)21-10-12-22(13-11-21)27-25-26-17-6-19-30-25/h7-16H,2-6,17-19H2,1H3,(H,26,27)/b16-9+. The molecule has 30 heavy (non-hydrogen) atoms. The third kappa shape index (κ3) is 7.38. The van der Waals surface area contributed by atoms with Crippen LogP contribution in [-0.4, -0.2) is 29.9 Å². The molecule has 0 saturated heterocycles. The number of unbranched alkanes of at least 4 members (excludes halogenated alkanes) is 3. The number of nitrogens with one attached hydrogen (secondary N) is 1. The number of hydrogen-bond donors (Lipinski definition) is 1. The molecule has 2 aromatic carbocycles. The van der Waals surface area contributed by atoms with Crippen LogP contribution < -0.4 is 10.1 Å². The van der Waals surface area contributed by atoms with Crippen LogP contribution in [0.25, 0.3) is 6.08 Å². The number of aliphatic imine (C=N–C) groups is 1. The second kappa shape index (κ2) is 12.2. The van der Waals surface area contributed by atoms with E-state index >= 15 is 0 Å². The van der Waals surface area contributed by atoms with Crippen LogP contribution in [0.3, 0.4) is 0 Å². The highest BCUT2D eigenvalue weighted by Gasteiger charge is 2.07. The summed E-state index contributed by atoms with van der Waals surface area (Å²) in [6.07, 6.45) is 9.38. The Bertz CT molecular complexity index is 858. The molecule has 0 aliphatic carbocycles. The Kier molecular flexibility index (Phi) is 9.04. The van der Waals surface area contributed by atoms with Crippen molar-refractivity contribution in [2.75, 3.05) is 24.2 Å². The van der Waals surface area contributed by atoms with Gasteiger partial charge in [0.05, 0.1) is 6.61 Å². The zero-order valence-corrected chi connectivity index (χ0v) is 18.4. The zero-order valence-electron chi connectivity index (χ0n) is 17.6. The van der Waals surface area contributed by atoms with Crippen molar-refractivity contribution in [3.8, 4) is 5.75 Å². The summed E-state index contributed by atoms with van der Waals surface area (Å²) in [5.41, 5.74) is 2.60. The lowest BCUT2D eigenvalue weighted by Crippen LogP contribution is -2.13. The summed E-state index contributed by atoms with van der Waals surface area (Å²) >= 11 is 1.73. The minimum atomic E-state index is -0.0119. The number of carbonyl (C=O) groups is 1. The molecule has 0 amide bonds. The van der Waals surface area contributed by atoms with E-state index in [0.29, 0.717) is 5.56 Å². The van der Waals surface area contributed by atoms with E-state index in [1.165, 1.54) is 19.3 Å². The van der Waals surface area contributed by atoms with Crippen LogP contribution in [0.4, 0.5) is 5.69 Å². The van der Waals surface area contributed by atoms with Gasteiger partial charge in [0.15, 0.2) is 11.0 Å². The maximum atomic E-state index is 12.5. The lowest BCUT2D eigenvalue weighted by molar-refractivity contribution is 0.104. The third-order valence-corrected chi connectivity index (χ3v) is 5.79. The molecule has 3 rings (SSSR count). The Morgan fingerprint density at radius 1 is 1.10 bits per heavy atom. The van der Waals surface area contributed by atoms with Gasteiger partial charge < -0.3 is 10.1 Å². The Morgan fingerprint density at radius 2 is 1.90 bits per heavy atom. The van der Waals surface area contributed by atoms with Gasteiger partial charge in [0, 0.05) is 23.5 Å². The fourth-order valence-electron chi connectivity index (χ4n) is 3.04. The van der Waals surface area contributed by atoms with Crippen LogP contribution in [0.2, 0.25) is 0 Å². The number of carbonyl (C=O) groups excluding carboxylic acids is 1. The first-order chi connectivity index (χ1) is 14.7. The van der Waals surface area contributed by atoms with Gasteiger partial charge in [-0.25, -0.2) is 0 Å². The summed E-state index contributed by atoms with van der Waals surface area (Å²) in [4.78, 5) is 16.9. The maximum absolute atomic E-state index is 12.5. The lowest BCUT2D eigenvalue weighted by Gasteiger charge is -2.13. The molecule has 0 unspecified atom stereocenters. The lowest BCUT2D eigenvalue weighted by atomic mass is 10.1. The van der Waals surface area contributed by atoms with Crippen LogP contribution in [0.15, 0.2) is 59.6 Å². The average Bonchev–Trinajstić information content (AvgIpc) is 2.79. The zero-order chi connectivity index (χ0) is 21.0. The minimum Gasteiger partial charge on any atom is -0.494 e. The first kappa shape index (κ1) is 22.2. The van der Waals surface area contributed by atoms with E-state index in [9.17, 15) is 4.79 Å². The molecule has 1 heterocycles. The summed E-state index contributed by atoms with van der Waals surface area (Å²) in [5, 5.41) is 4.26. The van der Waals surface area contributed by atoms with E-state index in [1.54, 1.807) is 17.8 Å². The fourth-order valence-corrected chi connectivity index (χ4v) is 3.88. The molecule has 158 valence electrons. The predicted octanol–water partition coefficient (Wildman–Crippen LogP) is 6.45. The van der Waals surface area contributed by atoms with Crippen molar-refractivity contribution >= 4 is 34.5 Å². The van der Waals surface area contributed by atoms with Crippen molar-refractivity contribution < 1.29 is 9.53 Å². The van der Waals surface area contributed by atoms with E-state index in [4.69, 9.17) is 4.74 Å². The summed E-state index contributed by atoms with van der Waals surface area (Å²) in [7, 11) is 0. The van der Waals surface area contributed by atoms with Crippen LogP contribution in [0.1, 0.15) is 54.9 Å². The number of anilines is 1. The number of ether oxygens (including phenoxy) is 1. The van der Waals surface area contributed by atoms with Crippen LogP contribution in [0.5, 0.6) is 5.75 Å². The predicted molar refractivity (Wildman–Crippen MR) is 129 cm³/mol. The molecule has 0 aromatic heterocycles. The SMILES string of the molecule is CCCCCCOc1ccc(/C=C/C(=O)c2ccc(NC3=NCCCS3)cc2)cc1. The number of allylic oxidation sites excluding steroid dienone is 1. The second-order valence-corrected chi connectivity index (χ2v) is 8.35. The highest BCUT2D eigenvalue weighted by molar-refractivity contribution is 8.14. The van der Waals surface area contributed by atoms with Crippen molar-refractivity contribution in [2.24, 2.45) is 4.99 Å². The molecule has 0 spiro atoms. The normalized spacial score (nSPS) is 13.8. The van der Waals surface area contributed by atoms with E-state index in [1.807, 2.05) is 54.6 Å². The topological polar surface area (TPSA) is 50.7 Å². The van der Waals surface area contributed by atoms with Crippen molar-refractivity contribution in [3.63, 3.8) is 0 Å². The van der Waals surface area contributed by atoms with Gasteiger partial charge >= 0.3 is 0 Å². The van der Waals surface area contributed by atoms with Gasteiger partial charge in [-0.3, -0.25) is 9.79 Å². The van der Waals surface area contributed by atoms with Gasteiger partial charge in [0.2, 0.25) is 0 Å². The van der Waals surface area contributed by atoms with Crippen LogP contribution in [0, 0.1) is 0 Å². The Hall–Kier alpha value is -2.53. The Morgan fingerprint density at radius 3 is 2.60 bits per heavy atom. The highest BCUT2D eigenvalue weighted by atomic mass is 32.2. The van der Waals surface area contributed by atoms with Gasteiger partial charge in [-0.2, -0.15) is 0 Å². The van der Waals surface area contributed by atoms with E-state index in [2.05, 4.69) is 17.2 Å². The van der Waals surface area contributed by atoms with Crippen molar-refractivity contribution in [2.45, 2.75) is 39.0 Å². The number of benzene rings is 2. The molecular formula is C25H30N2O2S. The van der Waals surface area contributed by atoms with Gasteiger partial charge in [-0.15, -0.1) is 0 Å². The number of nitrogens with zero attached hydrogens (tertiary/aromatic N) is 1. The first-order valence-electron chi connectivity index (χ1n) is 10.7. The van der Waals surface area contributed by atoms with Crippen molar-refractivity contribution in [3.05, 3.63) is 65.7 Å². The minimum absolute atomic E-state index is 0.0119. The molecule has 0 atom stereocenters. The number of amidine groups is 1. The largest absolute Gasteiger partial charge is 0.494 e. The molecule has 1 N–H and O–H groups in total. The number of hydrogen-bond acceptors (Lipinski definition) is 5. The molecule has 2 aromatic rings. The first-order valence-corrected chi connectivity index (χ1v) is 11.7. The molecule has 4 nitrogen and oxygen atoms in total. The van der Waals surface area contributed by atoms with E-state index < -0.39 is 0 Å². The Labute approximate surface area is 183 Å². The molecule has 0 saturated carbocycles.